The molecule has 1 aliphatic heterocycles. The van der Waals surface area contributed by atoms with Gasteiger partial charge in [0.25, 0.3) is 11.8 Å². The summed E-state index contributed by atoms with van der Waals surface area (Å²) in [6, 6.07) is 22.2. The number of amides is 2. The molecule has 3 heterocycles. The second-order valence-corrected chi connectivity index (χ2v) is 12.9. The molecule has 1 aliphatic carbocycles. The molecule has 3 aromatic carbocycles. The van der Waals surface area contributed by atoms with Crippen molar-refractivity contribution < 1.29 is 33.7 Å². The average molecular weight is 692 g/mol. The fourth-order valence-electron chi connectivity index (χ4n) is 6.68. The van der Waals surface area contributed by atoms with E-state index in [4.69, 9.17) is 9.47 Å². The van der Waals surface area contributed by atoms with Crippen LogP contribution in [0.5, 0.6) is 23.3 Å². The minimum atomic E-state index is -0.670. The molecule has 5 aromatic rings. The third kappa shape index (κ3) is 8.08. The van der Waals surface area contributed by atoms with Crippen LogP contribution in [0.2, 0.25) is 0 Å². The summed E-state index contributed by atoms with van der Waals surface area (Å²) in [5.74, 6) is -1.36. The van der Waals surface area contributed by atoms with Gasteiger partial charge in [-0.25, -0.2) is 14.4 Å². The molecular formula is C39H38FN5O6. The summed E-state index contributed by atoms with van der Waals surface area (Å²) >= 11 is 0. The highest BCUT2D eigenvalue weighted by molar-refractivity contribution is 6.00. The lowest BCUT2D eigenvalue weighted by Crippen LogP contribution is -2.44. The first-order chi connectivity index (χ1) is 24.8. The molecule has 4 N–H and O–H groups in total. The van der Waals surface area contributed by atoms with E-state index in [0.29, 0.717) is 56.7 Å². The zero-order valence-corrected chi connectivity index (χ0v) is 27.8. The maximum atomic E-state index is 14.4. The number of phenols is 1. The molecule has 2 fully saturated rings. The van der Waals surface area contributed by atoms with E-state index < -0.39 is 17.6 Å². The van der Waals surface area contributed by atoms with Crippen LogP contribution in [-0.4, -0.2) is 75.3 Å². The van der Waals surface area contributed by atoms with Gasteiger partial charge in [0, 0.05) is 37.1 Å². The SMILES string of the molecule is O=C(N[C@H]1CC[C@@H](NC(=O)c2cc(F)cnc2Oc2cccc(-c3ccc(O)cc3CN3CCOCC3)c2)CC1)c1cc2ccccc2nc1O. The van der Waals surface area contributed by atoms with Gasteiger partial charge in [0.1, 0.15) is 28.4 Å². The van der Waals surface area contributed by atoms with Gasteiger partial charge in [0.15, 0.2) is 0 Å². The highest BCUT2D eigenvalue weighted by Gasteiger charge is 2.27. The van der Waals surface area contributed by atoms with E-state index in [1.807, 2.05) is 42.5 Å². The van der Waals surface area contributed by atoms with E-state index >= 15 is 0 Å². The number of hydrogen-bond donors (Lipinski definition) is 4. The molecular weight excluding hydrogens is 653 g/mol. The number of halogens is 1. The Morgan fingerprint density at radius 1 is 0.863 bits per heavy atom. The number of carbonyl (C=O) groups is 2. The molecule has 0 radical (unpaired) electrons. The van der Waals surface area contributed by atoms with E-state index in [1.165, 1.54) is 0 Å². The molecule has 7 rings (SSSR count). The Labute approximate surface area is 294 Å². The Balaban J connectivity index is 0.995. The summed E-state index contributed by atoms with van der Waals surface area (Å²) in [5.41, 5.74) is 3.39. The van der Waals surface area contributed by atoms with Crippen molar-refractivity contribution in [2.24, 2.45) is 0 Å². The monoisotopic (exact) mass is 691 g/mol. The summed E-state index contributed by atoms with van der Waals surface area (Å²) in [5, 5.41) is 27.3. The number of hydrogen-bond acceptors (Lipinski definition) is 9. The molecule has 1 saturated heterocycles. The summed E-state index contributed by atoms with van der Waals surface area (Å²) in [6.07, 6.45) is 3.37. The highest BCUT2D eigenvalue weighted by atomic mass is 19.1. The van der Waals surface area contributed by atoms with Crippen molar-refractivity contribution in [3.8, 4) is 34.4 Å². The van der Waals surface area contributed by atoms with E-state index in [2.05, 4.69) is 25.5 Å². The molecule has 0 bridgehead atoms. The Kier molecular flexibility index (Phi) is 10.0. The minimum absolute atomic E-state index is 0.0324. The number of rotatable bonds is 9. The van der Waals surface area contributed by atoms with Crippen molar-refractivity contribution in [3.63, 3.8) is 0 Å². The van der Waals surface area contributed by atoms with Crippen LogP contribution in [0.4, 0.5) is 4.39 Å². The van der Waals surface area contributed by atoms with Gasteiger partial charge in [0.2, 0.25) is 11.8 Å². The van der Waals surface area contributed by atoms with Gasteiger partial charge in [-0.15, -0.1) is 0 Å². The Hall–Kier alpha value is -5.59. The van der Waals surface area contributed by atoms with Gasteiger partial charge < -0.3 is 30.3 Å². The number of pyridine rings is 2. The smallest absolute Gasteiger partial charge is 0.257 e. The molecule has 2 aliphatic rings. The van der Waals surface area contributed by atoms with Gasteiger partial charge >= 0.3 is 0 Å². The molecule has 0 spiro atoms. The quantitative estimate of drug-likeness (QED) is 0.148. The Bertz CT molecular complexity index is 2060. The summed E-state index contributed by atoms with van der Waals surface area (Å²) in [4.78, 5) is 37.0. The molecule has 0 atom stereocenters. The number of fused-ring (bicyclic) bond motifs is 1. The van der Waals surface area contributed by atoms with Crippen molar-refractivity contribution in [2.75, 3.05) is 26.3 Å². The van der Waals surface area contributed by atoms with Gasteiger partial charge in [-0.2, -0.15) is 0 Å². The summed E-state index contributed by atoms with van der Waals surface area (Å²) in [7, 11) is 0. The van der Waals surface area contributed by atoms with Crippen LogP contribution in [0, 0.1) is 5.82 Å². The molecule has 2 aromatic heterocycles. The zero-order valence-electron chi connectivity index (χ0n) is 27.8. The predicted octanol–water partition coefficient (Wildman–Crippen LogP) is 5.94. The number of nitrogens with zero attached hydrogens (tertiary/aromatic N) is 3. The minimum Gasteiger partial charge on any atom is -0.508 e. The zero-order chi connectivity index (χ0) is 35.3. The Morgan fingerprint density at radius 3 is 2.35 bits per heavy atom. The van der Waals surface area contributed by atoms with Crippen LogP contribution in [0.3, 0.4) is 0 Å². The molecule has 12 heteroatoms. The maximum absolute atomic E-state index is 14.4. The number of nitrogens with one attached hydrogen (secondary N) is 2. The number of aromatic hydroxyl groups is 2. The number of morpholine rings is 1. The topological polar surface area (TPSA) is 146 Å². The van der Waals surface area contributed by atoms with Crippen molar-refractivity contribution in [2.45, 2.75) is 44.3 Å². The van der Waals surface area contributed by atoms with E-state index in [-0.39, 0.29) is 40.7 Å². The van der Waals surface area contributed by atoms with Crippen LogP contribution < -0.4 is 15.4 Å². The number of aromatic nitrogens is 2. The van der Waals surface area contributed by atoms with Crippen molar-refractivity contribution in [1.29, 1.82) is 0 Å². The number of carbonyl (C=O) groups excluding carboxylic acids is 2. The van der Waals surface area contributed by atoms with E-state index in [0.717, 1.165) is 47.4 Å². The third-order valence-electron chi connectivity index (χ3n) is 9.35. The third-order valence-corrected chi connectivity index (χ3v) is 9.35. The van der Waals surface area contributed by atoms with Gasteiger partial charge in [-0.05, 0) is 84.8 Å². The van der Waals surface area contributed by atoms with Gasteiger partial charge in [0.05, 0.1) is 24.9 Å². The fourth-order valence-corrected chi connectivity index (χ4v) is 6.68. The second kappa shape index (κ2) is 15.1. The largest absolute Gasteiger partial charge is 0.508 e. The number of benzene rings is 3. The lowest BCUT2D eigenvalue weighted by Gasteiger charge is -2.29. The first kappa shape index (κ1) is 33.9. The van der Waals surface area contributed by atoms with E-state index in [9.17, 15) is 24.2 Å². The molecule has 51 heavy (non-hydrogen) atoms. The number of para-hydroxylation sites is 1. The lowest BCUT2D eigenvalue weighted by atomic mass is 9.90. The molecule has 2 amide bonds. The first-order valence-corrected chi connectivity index (χ1v) is 17.1. The predicted molar refractivity (Wildman–Crippen MR) is 188 cm³/mol. The lowest BCUT2D eigenvalue weighted by molar-refractivity contribution is 0.0342. The maximum Gasteiger partial charge on any atom is 0.257 e. The normalized spacial score (nSPS) is 17.9. The van der Waals surface area contributed by atoms with E-state index in [1.54, 1.807) is 30.3 Å². The van der Waals surface area contributed by atoms with Crippen molar-refractivity contribution >= 4 is 22.7 Å². The number of ether oxygens (including phenoxy) is 2. The average Bonchev–Trinajstić information content (AvgIpc) is 3.13. The first-order valence-electron chi connectivity index (χ1n) is 17.1. The van der Waals surface area contributed by atoms with Crippen LogP contribution in [0.15, 0.2) is 85.1 Å². The second-order valence-electron chi connectivity index (χ2n) is 12.9. The van der Waals surface area contributed by atoms with Gasteiger partial charge in [-0.1, -0.05) is 36.4 Å². The van der Waals surface area contributed by atoms with Crippen LogP contribution in [0.1, 0.15) is 52.0 Å². The summed E-state index contributed by atoms with van der Waals surface area (Å²) < 4.78 is 26.0. The highest BCUT2D eigenvalue weighted by Crippen LogP contribution is 2.33. The van der Waals surface area contributed by atoms with Crippen LogP contribution in [0.25, 0.3) is 22.0 Å². The number of phenolic OH excluding ortho intramolecular Hbond substituents is 1. The Morgan fingerprint density at radius 2 is 1.59 bits per heavy atom. The van der Waals surface area contributed by atoms with Gasteiger partial charge in [-0.3, -0.25) is 14.5 Å². The molecule has 0 unspecified atom stereocenters. The molecule has 262 valence electrons. The van der Waals surface area contributed by atoms with Crippen LogP contribution in [-0.2, 0) is 11.3 Å². The standard InChI is InChI=1S/C39H38FN5O6/c40-27-21-34(38(49)43-29-10-8-28(9-11-29)42-36(47)33-20-25-4-1-2-7-35(25)44-37(33)48)39(41-22-27)51-31-6-3-5-24(19-31)32-13-12-30(46)18-26(32)23-45-14-16-50-17-15-45/h1-7,12-13,18-22,28-29,46H,8-11,14-17,23H2,(H,42,47)(H,43,49)(H,44,48)/t28-,29+. The van der Waals surface area contributed by atoms with Crippen molar-refractivity contribution in [3.05, 3.63) is 108 Å². The van der Waals surface area contributed by atoms with Crippen LogP contribution >= 0.6 is 0 Å². The fraction of sp³-hybridized carbons (Fsp3) is 0.282. The molecule has 11 nitrogen and oxygen atoms in total. The summed E-state index contributed by atoms with van der Waals surface area (Å²) in [6.45, 7) is 3.56. The van der Waals surface area contributed by atoms with Crippen molar-refractivity contribution in [1.82, 2.24) is 25.5 Å². The molecule has 1 saturated carbocycles.